The predicted molar refractivity (Wildman–Crippen MR) is 62.6 cm³/mol. The summed E-state index contributed by atoms with van der Waals surface area (Å²) in [6.45, 7) is 7.72. The Morgan fingerprint density at radius 1 is 0.625 bits per heavy atom. The van der Waals surface area contributed by atoms with Gasteiger partial charge in [-0.3, -0.25) is 0 Å². The van der Waals surface area contributed by atoms with Crippen LogP contribution in [0.2, 0.25) is 0 Å². The lowest BCUT2D eigenvalue weighted by atomic mass is 10.5. The van der Waals surface area contributed by atoms with Crippen molar-refractivity contribution in [3.8, 4) is 0 Å². The molecule has 0 atom stereocenters. The van der Waals surface area contributed by atoms with Gasteiger partial charge in [0.2, 0.25) is 0 Å². The van der Waals surface area contributed by atoms with E-state index in [4.69, 9.17) is 24.7 Å². The van der Waals surface area contributed by atoms with Gasteiger partial charge < -0.3 is 24.7 Å². The molecule has 0 aliphatic rings. The molecule has 0 saturated heterocycles. The quantitative estimate of drug-likeness (QED) is 0.469. The highest BCUT2D eigenvalue weighted by atomic mass is 16.6. The lowest BCUT2D eigenvalue weighted by Crippen LogP contribution is -2.14. The molecule has 2 N–H and O–H groups in total. The highest BCUT2D eigenvalue weighted by Crippen LogP contribution is 1.83. The largest absolute Gasteiger partial charge is 0.379 e. The van der Waals surface area contributed by atoms with Gasteiger partial charge in [-0.25, -0.2) is 0 Å². The molecule has 0 bridgehead atoms. The van der Waals surface area contributed by atoms with Crippen molar-refractivity contribution in [1.82, 2.24) is 0 Å². The Morgan fingerprint density at radius 2 is 1.00 bits per heavy atom. The summed E-state index contributed by atoms with van der Waals surface area (Å²) in [5, 5.41) is 0. The molecule has 0 aromatic rings. The molecule has 0 fully saturated rings. The second-order valence-corrected chi connectivity index (χ2v) is 3.24. The summed E-state index contributed by atoms with van der Waals surface area (Å²) >= 11 is 0. The monoisotopic (exact) mass is 235 g/mol. The average Bonchev–Trinajstić information content (AvgIpc) is 2.31. The van der Waals surface area contributed by atoms with Crippen LogP contribution in [-0.2, 0) is 18.9 Å². The molecule has 0 aromatic heterocycles. The van der Waals surface area contributed by atoms with Crippen molar-refractivity contribution in [3.05, 3.63) is 0 Å². The number of ether oxygens (including phenoxy) is 4. The fraction of sp³-hybridized carbons (Fsp3) is 1.00. The zero-order valence-corrected chi connectivity index (χ0v) is 10.3. The van der Waals surface area contributed by atoms with Crippen LogP contribution in [0, 0.1) is 0 Å². The van der Waals surface area contributed by atoms with Crippen LogP contribution in [0.5, 0.6) is 0 Å². The van der Waals surface area contributed by atoms with Crippen molar-refractivity contribution in [1.29, 1.82) is 0 Å². The molecule has 0 aliphatic carbocycles. The SMILES string of the molecule is CCCOCCOCCOCCOCCN. The third kappa shape index (κ3) is 13.8. The highest BCUT2D eigenvalue weighted by Gasteiger charge is 1.91. The van der Waals surface area contributed by atoms with Gasteiger partial charge in [0.25, 0.3) is 0 Å². The van der Waals surface area contributed by atoms with Gasteiger partial charge in [-0.1, -0.05) is 6.92 Å². The third-order valence-corrected chi connectivity index (χ3v) is 1.73. The van der Waals surface area contributed by atoms with Crippen LogP contribution < -0.4 is 5.73 Å². The van der Waals surface area contributed by atoms with Crippen LogP contribution >= 0.6 is 0 Å². The van der Waals surface area contributed by atoms with E-state index in [1.807, 2.05) is 0 Å². The summed E-state index contributed by atoms with van der Waals surface area (Å²) in [6.07, 6.45) is 1.05. The molecule has 0 radical (unpaired) electrons. The first kappa shape index (κ1) is 15.8. The molecule has 0 saturated carbocycles. The van der Waals surface area contributed by atoms with Crippen LogP contribution in [0.4, 0.5) is 0 Å². The minimum absolute atomic E-state index is 0.556. The summed E-state index contributed by atoms with van der Waals surface area (Å²) in [6, 6.07) is 0. The number of rotatable bonds is 13. The molecule has 98 valence electrons. The smallest absolute Gasteiger partial charge is 0.0701 e. The molecule has 0 amide bonds. The summed E-state index contributed by atoms with van der Waals surface area (Å²) in [5.41, 5.74) is 5.26. The minimum Gasteiger partial charge on any atom is -0.379 e. The van der Waals surface area contributed by atoms with Crippen molar-refractivity contribution >= 4 is 0 Å². The van der Waals surface area contributed by atoms with Crippen LogP contribution in [0.25, 0.3) is 0 Å². The van der Waals surface area contributed by atoms with Gasteiger partial charge in [0.05, 0.1) is 46.2 Å². The molecule has 0 rings (SSSR count). The molecule has 0 aliphatic heterocycles. The van der Waals surface area contributed by atoms with Gasteiger partial charge >= 0.3 is 0 Å². The summed E-state index contributed by atoms with van der Waals surface area (Å²) in [4.78, 5) is 0. The van der Waals surface area contributed by atoms with E-state index < -0.39 is 0 Å². The molecule has 5 heteroatoms. The number of hydrogen-bond donors (Lipinski definition) is 1. The van der Waals surface area contributed by atoms with Crippen LogP contribution in [0.1, 0.15) is 13.3 Å². The Kier molecular flexibility index (Phi) is 14.6. The second-order valence-electron chi connectivity index (χ2n) is 3.24. The topological polar surface area (TPSA) is 62.9 Å². The first-order chi connectivity index (χ1) is 7.91. The van der Waals surface area contributed by atoms with Gasteiger partial charge in [-0.05, 0) is 6.42 Å². The number of nitrogens with two attached hydrogens (primary N) is 1. The van der Waals surface area contributed by atoms with Gasteiger partial charge in [0, 0.05) is 13.2 Å². The van der Waals surface area contributed by atoms with E-state index in [1.54, 1.807) is 0 Å². The summed E-state index contributed by atoms with van der Waals surface area (Å²) in [5.74, 6) is 0. The van der Waals surface area contributed by atoms with Crippen LogP contribution in [-0.4, -0.2) is 59.4 Å². The first-order valence-electron chi connectivity index (χ1n) is 5.92. The lowest BCUT2D eigenvalue weighted by molar-refractivity contribution is -0.000903. The van der Waals surface area contributed by atoms with Gasteiger partial charge in [-0.2, -0.15) is 0 Å². The summed E-state index contributed by atoms with van der Waals surface area (Å²) < 4.78 is 21.0. The fourth-order valence-electron chi connectivity index (χ4n) is 0.989. The molecule has 0 spiro atoms. The maximum atomic E-state index is 5.30. The second kappa shape index (κ2) is 14.8. The number of hydrogen-bond acceptors (Lipinski definition) is 5. The Labute approximate surface area is 98.2 Å². The molecule has 0 heterocycles. The summed E-state index contributed by atoms with van der Waals surface area (Å²) in [7, 11) is 0. The molecule has 0 aromatic carbocycles. The van der Waals surface area contributed by atoms with Crippen molar-refractivity contribution < 1.29 is 18.9 Å². The third-order valence-electron chi connectivity index (χ3n) is 1.73. The molecule has 0 unspecified atom stereocenters. The van der Waals surface area contributed by atoms with E-state index in [9.17, 15) is 0 Å². The Hall–Kier alpha value is -0.200. The normalized spacial score (nSPS) is 10.9. The van der Waals surface area contributed by atoms with Crippen molar-refractivity contribution in [2.75, 3.05) is 59.4 Å². The Balaban J connectivity index is 2.83. The Morgan fingerprint density at radius 3 is 1.38 bits per heavy atom. The van der Waals surface area contributed by atoms with E-state index in [2.05, 4.69) is 6.92 Å². The van der Waals surface area contributed by atoms with E-state index >= 15 is 0 Å². The average molecular weight is 235 g/mol. The maximum absolute atomic E-state index is 5.30. The van der Waals surface area contributed by atoms with E-state index in [0.717, 1.165) is 13.0 Å². The van der Waals surface area contributed by atoms with Crippen LogP contribution in [0.15, 0.2) is 0 Å². The highest BCUT2D eigenvalue weighted by molar-refractivity contribution is 4.35. The van der Waals surface area contributed by atoms with Gasteiger partial charge in [0.15, 0.2) is 0 Å². The predicted octanol–water partition coefficient (Wildman–Crippen LogP) is 0.422. The molecular weight excluding hydrogens is 210 g/mol. The first-order valence-corrected chi connectivity index (χ1v) is 5.92. The van der Waals surface area contributed by atoms with E-state index in [-0.39, 0.29) is 0 Å². The zero-order chi connectivity index (χ0) is 11.9. The van der Waals surface area contributed by atoms with Crippen molar-refractivity contribution in [2.45, 2.75) is 13.3 Å². The van der Waals surface area contributed by atoms with Gasteiger partial charge in [0.1, 0.15) is 0 Å². The molecule has 5 nitrogen and oxygen atoms in total. The lowest BCUT2D eigenvalue weighted by Gasteiger charge is -2.06. The van der Waals surface area contributed by atoms with Gasteiger partial charge in [-0.15, -0.1) is 0 Å². The zero-order valence-electron chi connectivity index (χ0n) is 10.3. The minimum atomic E-state index is 0.556. The molecule has 16 heavy (non-hydrogen) atoms. The van der Waals surface area contributed by atoms with E-state index in [0.29, 0.717) is 52.8 Å². The Bertz CT molecular complexity index is 111. The molecular formula is C11H25NO4. The van der Waals surface area contributed by atoms with Crippen molar-refractivity contribution in [2.24, 2.45) is 5.73 Å². The van der Waals surface area contributed by atoms with Crippen molar-refractivity contribution in [3.63, 3.8) is 0 Å². The standard InChI is InChI=1S/C11H25NO4/c1-2-4-13-6-8-15-10-11-16-9-7-14-5-3-12/h2-12H2,1H3. The fourth-order valence-corrected chi connectivity index (χ4v) is 0.989. The maximum Gasteiger partial charge on any atom is 0.0701 e. The van der Waals surface area contributed by atoms with E-state index in [1.165, 1.54) is 0 Å². The van der Waals surface area contributed by atoms with Crippen LogP contribution in [0.3, 0.4) is 0 Å².